The van der Waals surface area contributed by atoms with Crippen LogP contribution in [0.3, 0.4) is 0 Å². The van der Waals surface area contributed by atoms with Gasteiger partial charge >= 0.3 is 6.09 Å². The summed E-state index contributed by atoms with van der Waals surface area (Å²) in [6.45, 7) is 9.55. The number of aliphatic hydroxyl groups is 1. The van der Waals surface area contributed by atoms with Crippen LogP contribution >= 0.6 is 0 Å². The van der Waals surface area contributed by atoms with Gasteiger partial charge in [0, 0.05) is 44.4 Å². The highest BCUT2D eigenvalue weighted by molar-refractivity contribution is 7.92. The van der Waals surface area contributed by atoms with E-state index in [0.29, 0.717) is 18.7 Å². The lowest BCUT2D eigenvalue weighted by atomic mass is 10.00. The molecule has 1 aliphatic rings. The monoisotopic (exact) mass is 629 g/mol. The molecule has 0 saturated carbocycles. The van der Waals surface area contributed by atoms with Crippen LogP contribution in [-0.4, -0.2) is 87.6 Å². The van der Waals surface area contributed by atoms with Crippen molar-refractivity contribution in [3.05, 3.63) is 47.8 Å². The van der Waals surface area contributed by atoms with Crippen molar-refractivity contribution in [2.45, 2.75) is 70.2 Å². The number of carbonyl (C=O) groups excluding carboxylic acids is 2. The summed E-state index contributed by atoms with van der Waals surface area (Å²) in [5.41, 5.74) is 2.49. The number of hydrogen-bond donors (Lipinski definition) is 3. The van der Waals surface area contributed by atoms with Crippen LogP contribution in [0.4, 0.5) is 10.7 Å². The van der Waals surface area contributed by atoms with E-state index in [1.54, 1.807) is 38.8 Å². The SMILES string of the molecule is Cc1cccc(C)c1-c1cc(OC2CCN(C(=O)CC(O)CNC(=O)OC(C)(C)C)C2)nc(NS(=O)(=O)c2cnn(C)c2)n1. The number of aromatic nitrogens is 4. The van der Waals surface area contributed by atoms with Gasteiger partial charge in [-0.05, 0) is 45.7 Å². The normalized spacial score (nSPS) is 16.0. The number of ether oxygens (including phenoxy) is 2. The number of aryl methyl sites for hydroxylation is 3. The average Bonchev–Trinajstić information content (AvgIpc) is 3.56. The first-order chi connectivity index (χ1) is 20.6. The Morgan fingerprint density at radius 3 is 2.52 bits per heavy atom. The van der Waals surface area contributed by atoms with Crippen molar-refractivity contribution in [1.82, 2.24) is 30.0 Å². The lowest BCUT2D eigenvalue weighted by molar-refractivity contribution is -0.132. The fraction of sp³-hybridized carbons (Fsp3) is 0.483. The molecule has 1 saturated heterocycles. The predicted octanol–water partition coefficient (Wildman–Crippen LogP) is 2.55. The Kier molecular flexibility index (Phi) is 9.78. The molecule has 0 spiro atoms. The van der Waals surface area contributed by atoms with Gasteiger partial charge < -0.3 is 24.8 Å². The highest BCUT2D eigenvalue weighted by atomic mass is 32.2. The van der Waals surface area contributed by atoms with Crippen molar-refractivity contribution >= 4 is 28.0 Å². The highest BCUT2D eigenvalue weighted by Gasteiger charge is 2.30. The molecule has 3 N–H and O–H groups in total. The molecule has 4 rings (SSSR count). The standard InChI is InChI=1S/C29H39N7O7S/c1-18-8-7-9-19(2)26(18)23-13-24(33-27(32-23)34-44(40,41)22-15-31-35(6)17-22)42-21-10-11-36(16-21)25(38)12-20(37)14-30-28(39)43-29(3,4)5/h7-9,13,15,17,20-21,37H,10-12,14,16H2,1-6H3,(H,30,39)(H,32,33,34). The summed E-state index contributed by atoms with van der Waals surface area (Å²) in [5, 5.41) is 16.7. The molecule has 238 valence electrons. The number of likely N-dealkylation sites (tertiary alicyclic amines) is 1. The van der Waals surface area contributed by atoms with E-state index in [-0.39, 0.29) is 42.1 Å². The number of amides is 2. The van der Waals surface area contributed by atoms with Crippen molar-refractivity contribution in [1.29, 1.82) is 0 Å². The van der Waals surface area contributed by atoms with Crippen LogP contribution in [0.25, 0.3) is 11.3 Å². The van der Waals surface area contributed by atoms with Crippen LogP contribution in [0.1, 0.15) is 44.7 Å². The topological polar surface area (TPSA) is 178 Å². The molecule has 0 radical (unpaired) electrons. The number of aliphatic hydroxyl groups excluding tert-OH is 1. The van der Waals surface area contributed by atoms with Gasteiger partial charge in [-0.15, -0.1) is 0 Å². The zero-order valence-electron chi connectivity index (χ0n) is 25.7. The van der Waals surface area contributed by atoms with Gasteiger partial charge in [0.05, 0.1) is 31.0 Å². The number of rotatable bonds is 10. The van der Waals surface area contributed by atoms with Crippen molar-refractivity contribution in [2.24, 2.45) is 7.05 Å². The summed E-state index contributed by atoms with van der Waals surface area (Å²) in [5.74, 6) is -0.323. The maximum Gasteiger partial charge on any atom is 0.407 e. The van der Waals surface area contributed by atoms with E-state index in [1.165, 1.54) is 17.1 Å². The van der Waals surface area contributed by atoms with E-state index < -0.39 is 33.9 Å². The molecule has 2 unspecified atom stereocenters. The maximum absolute atomic E-state index is 13.0. The van der Waals surface area contributed by atoms with E-state index >= 15 is 0 Å². The molecule has 0 aliphatic carbocycles. The molecule has 1 fully saturated rings. The van der Waals surface area contributed by atoms with Gasteiger partial charge in [0.25, 0.3) is 10.0 Å². The molecule has 1 aliphatic heterocycles. The van der Waals surface area contributed by atoms with Crippen LogP contribution in [0.5, 0.6) is 5.88 Å². The van der Waals surface area contributed by atoms with E-state index in [4.69, 9.17) is 9.47 Å². The number of hydrogen-bond acceptors (Lipinski definition) is 10. The summed E-state index contributed by atoms with van der Waals surface area (Å²) in [7, 11) is -2.42. The summed E-state index contributed by atoms with van der Waals surface area (Å²) < 4.78 is 41.2. The average molecular weight is 630 g/mol. The number of benzene rings is 1. The number of nitrogens with zero attached hydrogens (tertiary/aromatic N) is 5. The van der Waals surface area contributed by atoms with E-state index in [0.717, 1.165) is 16.7 Å². The van der Waals surface area contributed by atoms with Crippen molar-refractivity contribution < 1.29 is 32.6 Å². The van der Waals surface area contributed by atoms with E-state index in [1.807, 2.05) is 32.0 Å². The number of alkyl carbamates (subject to hydrolysis) is 1. The lowest BCUT2D eigenvalue weighted by Gasteiger charge is -2.21. The molecule has 1 aromatic carbocycles. The predicted molar refractivity (Wildman–Crippen MR) is 161 cm³/mol. The minimum atomic E-state index is -4.03. The summed E-state index contributed by atoms with van der Waals surface area (Å²) >= 11 is 0. The molecule has 44 heavy (non-hydrogen) atoms. The van der Waals surface area contributed by atoms with Crippen molar-refractivity contribution in [2.75, 3.05) is 24.4 Å². The van der Waals surface area contributed by atoms with Gasteiger partial charge in [0.1, 0.15) is 16.6 Å². The third-order valence-electron chi connectivity index (χ3n) is 6.73. The number of carbonyl (C=O) groups is 2. The molecular weight excluding hydrogens is 590 g/mol. The quantitative estimate of drug-likeness (QED) is 0.302. The smallest absolute Gasteiger partial charge is 0.407 e. The highest BCUT2D eigenvalue weighted by Crippen LogP contribution is 2.30. The molecule has 0 bridgehead atoms. The molecule has 3 aromatic rings. The Balaban J connectivity index is 1.46. The second-order valence-corrected chi connectivity index (χ2v) is 13.4. The van der Waals surface area contributed by atoms with Gasteiger partial charge in [-0.2, -0.15) is 10.1 Å². The van der Waals surface area contributed by atoms with Crippen LogP contribution in [0.2, 0.25) is 0 Å². The first-order valence-corrected chi connectivity index (χ1v) is 15.6. The number of anilines is 1. The first kappa shape index (κ1) is 32.7. The fourth-order valence-corrected chi connectivity index (χ4v) is 5.66. The molecule has 15 heteroatoms. The Morgan fingerprint density at radius 1 is 1.18 bits per heavy atom. The minimum absolute atomic E-state index is 0.0445. The Morgan fingerprint density at radius 2 is 1.89 bits per heavy atom. The van der Waals surface area contributed by atoms with Crippen molar-refractivity contribution in [3.8, 4) is 17.1 Å². The zero-order valence-corrected chi connectivity index (χ0v) is 26.5. The van der Waals surface area contributed by atoms with Gasteiger partial charge in [-0.1, -0.05) is 18.2 Å². The minimum Gasteiger partial charge on any atom is -0.472 e. The van der Waals surface area contributed by atoms with Gasteiger partial charge in [0.2, 0.25) is 17.7 Å². The molecule has 14 nitrogen and oxygen atoms in total. The number of nitrogens with one attached hydrogen (secondary N) is 2. The third-order valence-corrected chi connectivity index (χ3v) is 8.02. The summed E-state index contributed by atoms with van der Waals surface area (Å²) in [6.07, 6.45) is 0.704. The van der Waals surface area contributed by atoms with Gasteiger partial charge in [0.15, 0.2) is 0 Å². The maximum atomic E-state index is 13.0. The van der Waals surface area contributed by atoms with Crippen LogP contribution < -0.4 is 14.8 Å². The van der Waals surface area contributed by atoms with Crippen LogP contribution in [-0.2, 0) is 26.6 Å². The van der Waals surface area contributed by atoms with E-state index in [2.05, 4.69) is 25.1 Å². The molecule has 2 amide bonds. The van der Waals surface area contributed by atoms with Gasteiger partial charge in [-0.3, -0.25) is 9.48 Å². The second kappa shape index (κ2) is 13.2. The first-order valence-electron chi connectivity index (χ1n) is 14.2. The Hall–Kier alpha value is -4.24. The fourth-order valence-electron chi connectivity index (χ4n) is 4.73. The van der Waals surface area contributed by atoms with Crippen molar-refractivity contribution in [3.63, 3.8) is 0 Å². The summed E-state index contributed by atoms with van der Waals surface area (Å²) in [6, 6.07) is 7.44. The van der Waals surface area contributed by atoms with Gasteiger partial charge in [-0.25, -0.2) is 22.9 Å². The van der Waals surface area contributed by atoms with E-state index in [9.17, 15) is 23.1 Å². The van der Waals surface area contributed by atoms with Crippen LogP contribution in [0.15, 0.2) is 41.6 Å². The lowest BCUT2D eigenvalue weighted by Crippen LogP contribution is -2.39. The summed E-state index contributed by atoms with van der Waals surface area (Å²) in [4.78, 5) is 35.1. The molecule has 2 atom stereocenters. The zero-order chi connectivity index (χ0) is 32.2. The third kappa shape index (κ3) is 8.66. The molecule has 2 aromatic heterocycles. The molecular formula is C29H39N7O7S. The second-order valence-electron chi connectivity index (χ2n) is 11.7. The Bertz CT molecular complexity index is 1600. The Labute approximate surface area is 256 Å². The van der Waals surface area contributed by atoms with Crippen LogP contribution in [0, 0.1) is 13.8 Å². The largest absolute Gasteiger partial charge is 0.472 e. The number of sulfonamides is 1. The molecule has 3 heterocycles.